The minimum absolute atomic E-state index is 0.196. The normalized spacial score (nSPS) is 19.2. The fourth-order valence-corrected chi connectivity index (χ4v) is 4.08. The molecule has 6 nitrogen and oxygen atoms in total. The number of carbonyl (C=O) groups is 3. The van der Waals surface area contributed by atoms with Gasteiger partial charge in [-0.15, -0.1) is 0 Å². The summed E-state index contributed by atoms with van der Waals surface area (Å²) in [6.45, 7) is -0.155. The predicted molar refractivity (Wildman–Crippen MR) is 98.8 cm³/mol. The number of nitrogens with zero attached hydrogens (tertiary/aromatic N) is 2. The zero-order chi connectivity index (χ0) is 21.2. The van der Waals surface area contributed by atoms with Crippen LogP contribution in [0.4, 0.5) is 18.0 Å². The molecule has 0 atom stereocenters. The molecule has 0 bridgehead atoms. The third-order valence-corrected chi connectivity index (χ3v) is 5.80. The quantitative estimate of drug-likeness (QED) is 0.758. The van der Waals surface area contributed by atoms with E-state index in [2.05, 4.69) is 5.32 Å². The molecule has 1 saturated heterocycles. The Balaban J connectivity index is 1.52. The van der Waals surface area contributed by atoms with Crippen LogP contribution in [-0.4, -0.2) is 53.3 Å². The van der Waals surface area contributed by atoms with E-state index < -0.39 is 29.2 Å². The van der Waals surface area contributed by atoms with Gasteiger partial charge in [-0.3, -0.25) is 14.5 Å². The van der Waals surface area contributed by atoms with E-state index in [4.69, 9.17) is 0 Å². The van der Waals surface area contributed by atoms with Crippen LogP contribution >= 0.6 is 0 Å². The average Bonchev–Trinajstić information content (AvgIpc) is 2.85. The molecule has 1 N–H and O–H groups in total. The number of rotatable bonds is 5. The van der Waals surface area contributed by atoms with Gasteiger partial charge in [-0.1, -0.05) is 31.4 Å². The van der Waals surface area contributed by atoms with Crippen molar-refractivity contribution >= 4 is 17.8 Å². The van der Waals surface area contributed by atoms with Crippen LogP contribution in [-0.2, 0) is 22.2 Å². The summed E-state index contributed by atoms with van der Waals surface area (Å²) in [4.78, 5) is 40.0. The third-order valence-electron chi connectivity index (χ3n) is 5.80. The van der Waals surface area contributed by atoms with Gasteiger partial charge in [0.1, 0.15) is 12.1 Å². The fourth-order valence-electron chi connectivity index (χ4n) is 4.08. The minimum Gasteiger partial charge on any atom is -0.354 e. The van der Waals surface area contributed by atoms with Crippen LogP contribution in [0.2, 0.25) is 0 Å². The summed E-state index contributed by atoms with van der Waals surface area (Å²) in [5, 5.41) is 2.62. The van der Waals surface area contributed by atoms with Gasteiger partial charge in [-0.05, 0) is 37.0 Å². The smallest absolute Gasteiger partial charge is 0.354 e. The molecule has 9 heteroatoms. The van der Waals surface area contributed by atoms with Crippen molar-refractivity contribution in [1.82, 2.24) is 15.1 Å². The number of amides is 4. The Bertz CT molecular complexity index is 786. The second-order valence-electron chi connectivity index (χ2n) is 7.62. The van der Waals surface area contributed by atoms with Crippen LogP contribution in [0.5, 0.6) is 0 Å². The van der Waals surface area contributed by atoms with E-state index in [1.165, 1.54) is 17.0 Å². The van der Waals surface area contributed by atoms with Crippen LogP contribution < -0.4 is 5.32 Å². The van der Waals surface area contributed by atoms with Crippen molar-refractivity contribution in [3.8, 4) is 0 Å². The highest BCUT2D eigenvalue weighted by atomic mass is 19.4. The topological polar surface area (TPSA) is 69.7 Å². The second kappa shape index (κ2) is 8.04. The summed E-state index contributed by atoms with van der Waals surface area (Å²) in [6.07, 6.45) is -0.0468. The van der Waals surface area contributed by atoms with E-state index in [9.17, 15) is 27.6 Å². The molecule has 29 heavy (non-hydrogen) atoms. The number of likely N-dealkylation sites (N-methyl/N-ethyl adjacent to an activating group) is 1. The Labute approximate surface area is 167 Å². The molecule has 0 aromatic heterocycles. The Morgan fingerprint density at radius 1 is 1.10 bits per heavy atom. The van der Waals surface area contributed by atoms with E-state index in [1.807, 2.05) is 0 Å². The maximum Gasteiger partial charge on any atom is 0.416 e. The highest BCUT2D eigenvalue weighted by molar-refractivity contribution is 6.08. The number of urea groups is 1. The van der Waals surface area contributed by atoms with Crippen LogP contribution in [0.3, 0.4) is 0 Å². The SMILES string of the molecule is CN1C(=O)N(CC(=O)NCCc2ccc(C(F)(F)F)cc2)C(=O)C12CCCCC2. The number of imide groups is 1. The predicted octanol–water partition coefficient (Wildman–Crippen LogP) is 2.96. The number of hydrogen-bond donors (Lipinski definition) is 1. The summed E-state index contributed by atoms with van der Waals surface area (Å²) < 4.78 is 37.7. The molecule has 0 unspecified atom stereocenters. The van der Waals surface area contributed by atoms with Gasteiger partial charge in [0.15, 0.2) is 0 Å². The van der Waals surface area contributed by atoms with E-state index in [1.54, 1.807) is 7.05 Å². The second-order valence-corrected chi connectivity index (χ2v) is 7.62. The summed E-state index contributed by atoms with van der Waals surface area (Å²) in [5.41, 5.74) is -0.903. The number of hydrogen-bond acceptors (Lipinski definition) is 3. The molecule has 1 spiro atoms. The van der Waals surface area contributed by atoms with E-state index in [0.29, 0.717) is 24.8 Å². The molecule has 2 fully saturated rings. The fraction of sp³-hybridized carbons (Fsp3) is 0.550. The number of carbonyl (C=O) groups excluding carboxylic acids is 3. The van der Waals surface area contributed by atoms with Crippen molar-refractivity contribution in [2.24, 2.45) is 0 Å². The molecule has 1 aromatic rings. The molecule has 4 amide bonds. The zero-order valence-corrected chi connectivity index (χ0v) is 16.2. The molecule has 2 aliphatic rings. The monoisotopic (exact) mass is 411 g/mol. The first-order valence-electron chi connectivity index (χ1n) is 9.68. The van der Waals surface area contributed by atoms with Crippen LogP contribution in [0.1, 0.15) is 43.2 Å². The van der Waals surface area contributed by atoms with E-state index in [-0.39, 0.29) is 19.0 Å². The highest BCUT2D eigenvalue weighted by Gasteiger charge is 2.55. The zero-order valence-electron chi connectivity index (χ0n) is 16.2. The van der Waals surface area contributed by atoms with Gasteiger partial charge < -0.3 is 10.2 Å². The molecule has 1 aromatic carbocycles. The first kappa shape index (κ1) is 21.1. The molecule has 1 aliphatic carbocycles. The lowest BCUT2D eigenvalue weighted by Gasteiger charge is -2.35. The van der Waals surface area contributed by atoms with Crippen molar-refractivity contribution in [2.45, 2.75) is 50.2 Å². The molecule has 0 radical (unpaired) electrons. The van der Waals surface area contributed by atoms with Crippen LogP contribution in [0.25, 0.3) is 0 Å². The lowest BCUT2D eigenvalue weighted by molar-refractivity contribution is -0.137. The minimum atomic E-state index is -4.38. The standard InChI is InChI=1S/C20H24F3N3O3/c1-25-18(29)26(17(28)19(25)10-3-2-4-11-19)13-16(27)24-12-9-14-5-7-15(8-6-14)20(21,22)23/h5-8H,2-4,9-13H2,1H3,(H,24,27). The van der Waals surface area contributed by atoms with Crippen molar-refractivity contribution in [3.63, 3.8) is 0 Å². The molecule has 1 heterocycles. The van der Waals surface area contributed by atoms with Crippen molar-refractivity contribution < 1.29 is 27.6 Å². The molecular formula is C20H24F3N3O3. The van der Waals surface area contributed by atoms with Gasteiger partial charge in [-0.2, -0.15) is 13.2 Å². The summed E-state index contributed by atoms with van der Waals surface area (Å²) in [5.74, 6) is -0.789. The molecule has 3 rings (SSSR count). The van der Waals surface area contributed by atoms with Crippen molar-refractivity contribution in [2.75, 3.05) is 20.1 Å². The number of alkyl halides is 3. The first-order chi connectivity index (χ1) is 13.6. The average molecular weight is 411 g/mol. The number of halogens is 3. The summed E-state index contributed by atoms with van der Waals surface area (Å²) in [7, 11) is 1.61. The highest BCUT2D eigenvalue weighted by Crippen LogP contribution is 2.39. The first-order valence-corrected chi connectivity index (χ1v) is 9.68. The van der Waals surface area contributed by atoms with Crippen molar-refractivity contribution in [3.05, 3.63) is 35.4 Å². The largest absolute Gasteiger partial charge is 0.416 e. The van der Waals surface area contributed by atoms with Gasteiger partial charge in [0.2, 0.25) is 5.91 Å². The Morgan fingerprint density at radius 2 is 1.72 bits per heavy atom. The molecule has 1 aliphatic heterocycles. The maximum atomic E-state index is 12.8. The lowest BCUT2D eigenvalue weighted by atomic mass is 9.81. The number of nitrogens with one attached hydrogen (secondary N) is 1. The maximum absolute atomic E-state index is 12.8. The van der Waals surface area contributed by atoms with Gasteiger partial charge >= 0.3 is 12.2 Å². The van der Waals surface area contributed by atoms with Gasteiger partial charge in [0.25, 0.3) is 5.91 Å². The van der Waals surface area contributed by atoms with Gasteiger partial charge in [0, 0.05) is 13.6 Å². The summed E-state index contributed by atoms with van der Waals surface area (Å²) in [6, 6.07) is 4.26. The third kappa shape index (κ3) is 4.23. The Hall–Kier alpha value is -2.58. The van der Waals surface area contributed by atoms with E-state index >= 15 is 0 Å². The van der Waals surface area contributed by atoms with Gasteiger partial charge in [0.05, 0.1) is 5.56 Å². The number of benzene rings is 1. The molecule has 1 saturated carbocycles. The Kier molecular flexibility index (Phi) is 5.86. The Morgan fingerprint density at radius 3 is 2.31 bits per heavy atom. The molecular weight excluding hydrogens is 387 g/mol. The van der Waals surface area contributed by atoms with Crippen molar-refractivity contribution in [1.29, 1.82) is 0 Å². The van der Waals surface area contributed by atoms with Gasteiger partial charge in [-0.25, -0.2) is 4.79 Å². The van der Waals surface area contributed by atoms with Crippen LogP contribution in [0.15, 0.2) is 24.3 Å². The summed E-state index contributed by atoms with van der Waals surface area (Å²) >= 11 is 0. The lowest BCUT2D eigenvalue weighted by Crippen LogP contribution is -2.49. The van der Waals surface area contributed by atoms with E-state index in [0.717, 1.165) is 36.3 Å². The molecule has 158 valence electrons. The van der Waals surface area contributed by atoms with Crippen LogP contribution in [0, 0.1) is 0 Å².